The first-order valence-corrected chi connectivity index (χ1v) is 14.1. The van der Waals surface area contributed by atoms with Crippen molar-refractivity contribution in [2.45, 2.75) is 101 Å². The Morgan fingerprint density at radius 3 is 2.77 bits per heavy atom. The molecule has 1 saturated carbocycles. The summed E-state index contributed by atoms with van der Waals surface area (Å²) < 4.78 is 11.4. The smallest absolute Gasteiger partial charge is 0.234 e. The second-order valence-corrected chi connectivity index (χ2v) is 11.5. The number of carbonyl (C=O) groups excluding carboxylic acids is 2. The molecule has 198 valence electrons. The fraction of sp³-hybridized carbons (Fsp3) is 0.923. The highest BCUT2D eigenvalue weighted by atomic mass is 16.5. The summed E-state index contributed by atoms with van der Waals surface area (Å²) in [7, 11) is 1.80. The van der Waals surface area contributed by atoms with Crippen molar-refractivity contribution in [3.8, 4) is 0 Å². The Bertz CT molecular complexity index is 739. The number of nitrogens with one attached hydrogen (secondary N) is 3. The summed E-state index contributed by atoms with van der Waals surface area (Å²) in [4.78, 5) is 30.1. The van der Waals surface area contributed by atoms with Gasteiger partial charge in [-0.05, 0) is 76.5 Å². The van der Waals surface area contributed by atoms with Crippen molar-refractivity contribution in [3.05, 3.63) is 0 Å². The molecule has 0 spiro atoms. The van der Waals surface area contributed by atoms with Gasteiger partial charge in [-0.1, -0.05) is 0 Å². The monoisotopic (exact) mass is 492 g/mol. The normalized spacial score (nSPS) is 41.8. The molecule has 0 aromatic rings. The second-order valence-electron chi connectivity index (χ2n) is 11.5. The van der Waals surface area contributed by atoms with E-state index in [9.17, 15) is 9.59 Å². The van der Waals surface area contributed by atoms with Crippen molar-refractivity contribution in [3.63, 3.8) is 0 Å². The van der Waals surface area contributed by atoms with E-state index in [0.29, 0.717) is 25.0 Å². The molecule has 5 rings (SSSR count). The summed E-state index contributed by atoms with van der Waals surface area (Å²) in [6.45, 7) is 3.04. The number of carbonyl (C=O) groups is 2. The van der Waals surface area contributed by atoms with Crippen molar-refractivity contribution >= 4 is 11.8 Å². The van der Waals surface area contributed by atoms with E-state index < -0.39 is 0 Å². The molecule has 1 aliphatic carbocycles. The average Bonchev–Trinajstić information content (AvgIpc) is 3.40. The third-order valence-electron chi connectivity index (χ3n) is 9.45. The fourth-order valence-corrected chi connectivity index (χ4v) is 7.32. The van der Waals surface area contributed by atoms with Crippen LogP contribution in [0, 0.1) is 17.8 Å². The van der Waals surface area contributed by atoms with Gasteiger partial charge in [-0.3, -0.25) is 15.3 Å². The first-order chi connectivity index (χ1) is 17.0. The highest BCUT2D eigenvalue weighted by Crippen LogP contribution is 2.31. The molecule has 7 atom stereocenters. The number of rotatable bonds is 7. The molecular formula is C26H46N5O4+. The van der Waals surface area contributed by atoms with Crippen LogP contribution >= 0.6 is 0 Å². The molecule has 0 aromatic heterocycles. The van der Waals surface area contributed by atoms with Gasteiger partial charge in [0.1, 0.15) is 24.5 Å². The highest BCUT2D eigenvalue weighted by molar-refractivity contribution is 5.83. The van der Waals surface area contributed by atoms with Crippen LogP contribution in [0.15, 0.2) is 0 Å². The van der Waals surface area contributed by atoms with Gasteiger partial charge in [0, 0.05) is 26.8 Å². The van der Waals surface area contributed by atoms with Crippen LogP contribution in [0.5, 0.6) is 0 Å². The molecule has 0 aromatic carbocycles. The number of quaternary nitrogens is 1. The number of ether oxygens (including phenoxy) is 2. The van der Waals surface area contributed by atoms with Crippen LogP contribution in [-0.2, 0) is 19.1 Å². The molecule has 5 aliphatic rings. The van der Waals surface area contributed by atoms with Crippen LogP contribution in [0.4, 0.5) is 0 Å². The number of fused-ring (bicyclic) bond motifs is 2. The third-order valence-corrected chi connectivity index (χ3v) is 9.45. The van der Waals surface area contributed by atoms with Gasteiger partial charge >= 0.3 is 0 Å². The van der Waals surface area contributed by atoms with Crippen LogP contribution in [-0.4, -0.2) is 80.8 Å². The summed E-state index contributed by atoms with van der Waals surface area (Å²) >= 11 is 0. The lowest BCUT2D eigenvalue weighted by molar-refractivity contribution is -0.967. The van der Waals surface area contributed by atoms with Crippen LogP contribution in [0.2, 0.25) is 0 Å². The molecule has 2 amide bonds. The molecule has 35 heavy (non-hydrogen) atoms. The van der Waals surface area contributed by atoms with Gasteiger partial charge in [0.2, 0.25) is 11.8 Å². The number of likely N-dealkylation sites (tertiary alicyclic amines) is 1. The number of amides is 2. The topological polar surface area (TPSA) is 110 Å². The van der Waals surface area contributed by atoms with Crippen molar-refractivity contribution in [1.82, 2.24) is 15.5 Å². The molecule has 9 nitrogen and oxygen atoms in total. The Balaban J connectivity index is 1.23. The summed E-state index contributed by atoms with van der Waals surface area (Å²) in [5, 5.41) is 6.98. The fourth-order valence-electron chi connectivity index (χ4n) is 7.32. The van der Waals surface area contributed by atoms with Crippen LogP contribution in [0.25, 0.3) is 0 Å². The van der Waals surface area contributed by atoms with E-state index in [0.717, 1.165) is 88.8 Å². The molecule has 4 aliphatic heterocycles. The Labute approximate surface area is 209 Å². The number of hydrogen-bond donors (Lipinski definition) is 4. The maximum atomic E-state index is 13.6. The molecule has 7 unspecified atom stereocenters. The van der Waals surface area contributed by atoms with E-state index in [2.05, 4.69) is 10.6 Å². The molecule has 0 radical (unpaired) electrons. The van der Waals surface area contributed by atoms with Gasteiger partial charge in [0.05, 0.1) is 12.3 Å². The van der Waals surface area contributed by atoms with Crippen molar-refractivity contribution < 1.29 is 24.0 Å². The minimum absolute atomic E-state index is 0.0138. The number of piperidine rings is 2. The average molecular weight is 493 g/mol. The summed E-state index contributed by atoms with van der Waals surface area (Å²) in [5.41, 5.74) is 6.84. The van der Waals surface area contributed by atoms with Crippen molar-refractivity contribution in [2.75, 3.05) is 33.4 Å². The van der Waals surface area contributed by atoms with Crippen LogP contribution in [0.1, 0.15) is 70.6 Å². The standard InChI is InChI=1S/C26H45N5O4/c1-34-18-9-7-17(8-10-18)11-12-28-25(32)20-15-21-24(29-22-6-2-3-13-30(22)26(21)33)31(23(20)27)16-19-5-4-14-35-19/h17-24,29H,2-16,27H2,1H3,(H,28,32)/p+1. The first-order valence-electron chi connectivity index (χ1n) is 14.1. The van der Waals surface area contributed by atoms with Gasteiger partial charge in [0.25, 0.3) is 0 Å². The molecule has 9 heteroatoms. The lowest BCUT2D eigenvalue weighted by Crippen LogP contribution is -3.26. The second kappa shape index (κ2) is 11.4. The minimum Gasteiger partial charge on any atom is -0.381 e. The van der Waals surface area contributed by atoms with Gasteiger partial charge < -0.3 is 24.6 Å². The van der Waals surface area contributed by atoms with E-state index in [1.54, 1.807) is 7.11 Å². The summed E-state index contributed by atoms with van der Waals surface area (Å²) in [6, 6.07) is 0. The number of nitrogens with two attached hydrogens (primary N) is 1. The first kappa shape index (κ1) is 25.4. The zero-order chi connectivity index (χ0) is 24.4. The Morgan fingerprint density at radius 2 is 2.03 bits per heavy atom. The zero-order valence-corrected chi connectivity index (χ0v) is 21.4. The van der Waals surface area contributed by atoms with Gasteiger partial charge in [-0.15, -0.1) is 0 Å². The quantitative estimate of drug-likeness (QED) is 0.397. The predicted octanol–water partition coefficient (Wildman–Crippen LogP) is -0.0494. The van der Waals surface area contributed by atoms with E-state index in [-0.39, 0.29) is 48.3 Å². The third kappa shape index (κ3) is 5.54. The van der Waals surface area contributed by atoms with Gasteiger partial charge in [0.15, 0.2) is 12.3 Å². The van der Waals surface area contributed by atoms with E-state index in [4.69, 9.17) is 15.2 Å². The van der Waals surface area contributed by atoms with E-state index in [1.807, 2.05) is 4.90 Å². The SMILES string of the molecule is COC1CCC(CCNC(=O)C2CC3C(=O)N4CCCCC4NC3[NH+](CC3CCCO3)C2N)CC1. The molecule has 4 heterocycles. The number of nitrogens with zero attached hydrogens (tertiary/aromatic N) is 1. The van der Waals surface area contributed by atoms with Crippen molar-refractivity contribution in [2.24, 2.45) is 23.5 Å². The molecule has 5 fully saturated rings. The van der Waals surface area contributed by atoms with E-state index >= 15 is 0 Å². The lowest BCUT2D eigenvalue weighted by atomic mass is 9.80. The van der Waals surface area contributed by atoms with Crippen LogP contribution < -0.4 is 21.3 Å². The van der Waals surface area contributed by atoms with Gasteiger partial charge in [-0.2, -0.15) is 0 Å². The Morgan fingerprint density at radius 1 is 1.20 bits per heavy atom. The molecule has 0 bridgehead atoms. The minimum atomic E-state index is -0.357. The highest BCUT2D eigenvalue weighted by Gasteiger charge is 2.55. The lowest BCUT2D eigenvalue weighted by Gasteiger charge is -2.53. The number of hydrogen-bond acceptors (Lipinski definition) is 6. The Kier molecular flexibility index (Phi) is 8.29. The zero-order valence-electron chi connectivity index (χ0n) is 21.4. The van der Waals surface area contributed by atoms with Crippen LogP contribution in [0.3, 0.4) is 0 Å². The van der Waals surface area contributed by atoms with Gasteiger partial charge in [-0.25, -0.2) is 5.32 Å². The predicted molar refractivity (Wildman–Crippen MR) is 131 cm³/mol. The molecule has 4 saturated heterocycles. The summed E-state index contributed by atoms with van der Waals surface area (Å²) in [6.07, 6.45) is 11.6. The van der Waals surface area contributed by atoms with E-state index in [1.165, 1.54) is 0 Å². The summed E-state index contributed by atoms with van der Waals surface area (Å²) in [5.74, 6) is 0.306. The number of methoxy groups -OCH3 is 1. The Hall–Kier alpha value is -1.26. The van der Waals surface area contributed by atoms with Crippen molar-refractivity contribution in [1.29, 1.82) is 0 Å². The maximum absolute atomic E-state index is 13.6. The molecule has 5 N–H and O–H groups in total. The largest absolute Gasteiger partial charge is 0.381 e. The molecular weight excluding hydrogens is 446 g/mol. The maximum Gasteiger partial charge on any atom is 0.234 e.